The van der Waals surface area contributed by atoms with Gasteiger partial charge in [0.25, 0.3) is 0 Å². The zero-order valence-corrected chi connectivity index (χ0v) is 12.5. The quantitative estimate of drug-likeness (QED) is 0.793. The summed E-state index contributed by atoms with van der Waals surface area (Å²) in [6.07, 6.45) is 0. The minimum absolute atomic E-state index is 0.769. The highest BCUT2D eigenvalue weighted by Gasteiger charge is 2.05. The Balaban J connectivity index is 2.09. The standard InChI is InChI=1S/C17H18N4/c1-4-18-17-10-16(20-12(3)21-17)14-7-8-15-13(9-14)6-5-11(2)19-15/h5-10H,4H2,1-3H3,(H,18,20,21). The maximum atomic E-state index is 4.54. The molecule has 0 fully saturated rings. The molecular formula is C17H18N4. The Morgan fingerprint density at radius 2 is 1.81 bits per heavy atom. The second kappa shape index (κ2) is 5.48. The van der Waals surface area contributed by atoms with Crippen LogP contribution in [0.4, 0.5) is 5.82 Å². The summed E-state index contributed by atoms with van der Waals surface area (Å²) < 4.78 is 0. The van der Waals surface area contributed by atoms with Gasteiger partial charge >= 0.3 is 0 Å². The Kier molecular flexibility index (Phi) is 3.52. The van der Waals surface area contributed by atoms with Gasteiger partial charge in [-0.25, -0.2) is 9.97 Å². The molecule has 106 valence electrons. The van der Waals surface area contributed by atoms with Crippen LogP contribution < -0.4 is 5.32 Å². The number of fused-ring (bicyclic) bond motifs is 1. The van der Waals surface area contributed by atoms with Gasteiger partial charge in [-0.2, -0.15) is 0 Å². The zero-order valence-electron chi connectivity index (χ0n) is 12.5. The van der Waals surface area contributed by atoms with Gasteiger partial charge in [0.1, 0.15) is 11.6 Å². The van der Waals surface area contributed by atoms with Crippen molar-refractivity contribution in [2.45, 2.75) is 20.8 Å². The first-order chi connectivity index (χ1) is 10.2. The van der Waals surface area contributed by atoms with Crippen LogP contribution in [0.3, 0.4) is 0 Å². The maximum absolute atomic E-state index is 4.54. The highest BCUT2D eigenvalue weighted by atomic mass is 15.0. The van der Waals surface area contributed by atoms with E-state index in [0.717, 1.165) is 46.0 Å². The molecule has 4 nitrogen and oxygen atoms in total. The molecule has 3 aromatic rings. The summed E-state index contributed by atoms with van der Waals surface area (Å²) in [5.41, 5.74) is 4.05. The molecule has 0 aliphatic carbocycles. The van der Waals surface area contributed by atoms with Crippen LogP contribution in [-0.4, -0.2) is 21.5 Å². The molecule has 0 aliphatic rings. The van der Waals surface area contributed by atoms with Crippen LogP contribution in [0.1, 0.15) is 18.4 Å². The summed E-state index contributed by atoms with van der Waals surface area (Å²) in [6.45, 7) is 6.82. The Morgan fingerprint density at radius 1 is 0.952 bits per heavy atom. The monoisotopic (exact) mass is 278 g/mol. The third kappa shape index (κ3) is 2.84. The van der Waals surface area contributed by atoms with Gasteiger partial charge in [0.05, 0.1) is 11.2 Å². The van der Waals surface area contributed by atoms with Gasteiger partial charge in [-0.3, -0.25) is 4.98 Å². The van der Waals surface area contributed by atoms with E-state index in [1.54, 1.807) is 0 Å². The summed E-state index contributed by atoms with van der Waals surface area (Å²) in [5, 5.41) is 4.36. The van der Waals surface area contributed by atoms with Crippen LogP contribution in [0.25, 0.3) is 22.2 Å². The number of benzene rings is 1. The van der Waals surface area contributed by atoms with Gasteiger partial charge in [-0.15, -0.1) is 0 Å². The maximum Gasteiger partial charge on any atom is 0.130 e. The normalized spacial score (nSPS) is 10.8. The SMILES string of the molecule is CCNc1cc(-c2ccc3nc(C)ccc3c2)nc(C)n1. The van der Waals surface area contributed by atoms with Crippen molar-refractivity contribution < 1.29 is 0 Å². The van der Waals surface area contributed by atoms with Crippen molar-refractivity contribution in [2.75, 3.05) is 11.9 Å². The third-order valence-electron chi connectivity index (χ3n) is 3.32. The minimum atomic E-state index is 0.769. The van der Waals surface area contributed by atoms with Gasteiger partial charge in [0.15, 0.2) is 0 Å². The van der Waals surface area contributed by atoms with Crippen molar-refractivity contribution in [3.05, 3.63) is 47.9 Å². The highest BCUT2D eigenvalue weighted by Crippen LogP contribution is 2.24. The van der Waals surface area contributed by atoms with Crippen molar-refractivity contribution in [2.24, 2.45) is 0 Å². The van der Waals surface area contributed by atoms with Gasteiger partial charge < -0.3 is 5.32 Å². The number of hydrogen-bond acceptors (Lipinski definition) is 4. The topological polar surface area (TPSA) is 50.7 Å². The number of anilines is 1. The van der Waals surface area contributed by atoms with E-state index in [-0.39, 0.29) is 0 Å². The highest BCUT2D eigenvalue weighted by molar-refractivity contribution is 5.84. The van der Waals surface area contributed by atoms with Crippen LogP contribution in [0.2, 0.25) is 0 Å². The lowest BCUT2D eigenvalue weighted by atomic mass is 10.1. The molecule has 1 N–H and O–H groups in total. The van der Waals surface area contributed by atoms with Gasteiger partial charge in [-0.1, -0.05) is 12.1 Å². The van der Waals surface area contributed by atoms with Crippen LogP contribution in [0.15, 0.2) is 36.4 Å². The van der Waals surface area contributed by atoms with E-state index in [1.807, 2.05) is 32.0 Å². The lowest BCUT2D eigenvalue weighted by molar-refractivity contribution is 1.04. The lowest BCUT2D eigenvalue weighted by Gasteiger charge is -2.08. The Bertz CT molecular complexity index is 796. The number of pyridine rings is 1. The van der Waals surface area contributed by atoms with E-state index in [4.69, 9.17) is 0 Å². The van der Waals surface area contributed by atoms with E-state index < -0.39 is 0 Å². The molecule has 0 saturated heterocycles. The molecule has 0 spiro atoms. The Labute approximate surface area is 124 Å². The van der Waals surface area contributed by atoms with Gasteiger partial charge in [0, 0.05) is 29.3 Å². The smallest absolute Gasteiger partial charge is 0.130 e. The molecule has 4 heteroatoms. The average Bonchev–Trinajstić information content (AvgIpc) is 2.46. The fourth-order valence-electron chi connectivity index (χ4n) is 2.37. The molecule has 0 amide bonds. The number of aryl methyl sites for hydroxylation is 2. The third-order valence-corrected chi connectivity index (χ3v) is 3.32. The van der Waals surface area contributed by atoms with Crippen LogP contribution in [-0.2, 0) is 0 Å². The van der Waals surface area contributed by atoms with Crippen molar-refractivity contribution in [3.8, 4) is 11.3 Å². The molecule has 0 saturated carbocycles. The zero-order chi connectivity index (χ0) is 14.8. The van der Waals surface area contributed by atoms with Crippen molar-refractivity contribution in [1.82, 2.24) is 15.0 Å². The average molecular weight is 278 g/mol. The number of nitrogens with one attached hydrogen (secondary N) is 1. The summed E-state index contributed by atoms with van der Waals surface area (Å²) in [4.78, 5) is 13.5. The summed E-state index contributed by atoms with van der Waals surface area (Å²) in [5.74, 6) is 1.63. The van der Waals surface area contributed by atoms with Crippen LogP contribution in [0, 0.1) is 13.8 Å². The molecule has 0 atom stereocenters. The molecule has 3 rings (SSSR count). The number of nitrogens with zero attached hydrogens (tertiary/aromatic N) is 3. The molecule has 0 aliphatic heterocycles. The van der Waals surface area contributed by atoms with E-state index >= 15 is 0 Å². The predicted octanol–water partition coefficient (Wildman–Crippen LogP) is 3.74. The first-order valence-electron chi connectivity index (χ1n) is 7.13. The minimum Gasteiger partial charge on any atom is -0.370 e. The lowest BCUT2D eigenvalue weighted by Crippen LogP contribution is -2.02. The second-order valence-corrected chi connectivity index (χ2v) is 5.08. The molecule has 21 heavy (non-hydrogen) atoms. The number of aromatic nitrogens is 3. The fourth-order valence-corrected chi connectivity index (χ4v) is 2.37. The van der Waals surface area contributed by atoms with Crippen LogP contribution >= 0.6 is 0 Å². The van der Waals surface area contributed by atoms with E-state index in [1.165, 1.54) is 0 Å². The first kappa shape index (κ1) is 13.5. The second-order valence-electron chi connectivity index (χ2n) is 5.08. The molecule has 2 aromatic heterocycles. The Morgan fingerprint density at radius 3 is 2.62 bits per heavy atom. The van der Waals surface area contributed by atoms with Crippen molar-refractivity contribution in [1.29, 1.82) is 0 Å². The molecule has 0 unspecified atom stereocenters. The molecule has 0 radical (unpaired) electrons. The molecule has 2 heterocycles. The molecule has 0 bridgehead atoms. The number of hydrogen-bond donors (Lipinski definition) is 1. The van der Waals surface area contributed by atoms with E-state index in [9.17, 15) is 0 Å². The van der Waals surface area contributed by atoms with Crippen molar-refractivity contribution in [3.63, 3.8) is 0 Å². The first-order valence-corrected chi connectivity index (χ1v) is 7.13. The number of rotatable bonds is 3. The van der Waals surface area contributed by atoms with Gasteiger partial charge in [0.2, 0.25) is 0 Å². The summed E-state index contributed by atoms with van der Waals surface area (Å²) in [6, 6.07) is 12.3. The largest absolute Gasteiger partial charge is 0.370 e. The van der Waals surface area contributed by atoms with E-state index in [2.05, 4.69) is 45.4 Å². The van der Waals surface area contributed by atoms with Crippen molar-refractivity contribution >= 4 is 16.7 Å². The van der Waals surface area contributed by atoms with E-state index in [0.29, 0.717) is 0 Å². The Hall–Kier alpha value is -2.49. The van der Waals surface area contributed by atoms with Gasteiger partial charge in [-0.05, 0) is 39.0 Å². The summed E-state index contributed by atoms with van der Waals surface area (Å²) in [7, 11) is 0. The molecular weight excluding hydrogens is 260 g/mol. The predicted molar refractivity (Wildman–Crippen MR) is 86.4 cm³/mol. The molecule has 1 aromatic carbocycles. The summed E-state index contributed by atoms with van der Waals surface area (Å²) >= 11 is 0. The fraction of sp³-hybridized carbons (Fsp3) is 0.235. The van der Waals surface area contributed by atoms with Crippen LogP contribution in [0.5, 0.6) is 0 Å².